The molecular weight excluding hydrogens is 434 g/mol. The number of anilines is 1. The second-order valence-corrected chi connectivity index (χ2v) is 8.98. The van der Waals surface area contributed by atoms with Gasteiger partial charge in [0.15, 0.2) is 5.78 Å². The molecule has 1 aliphatic heterocycles. The average molecular weight is 456 g/mol. The van der Waals surface area contributed by atoms with E-state index in [2.05, 4.69) is 16.7 Å². The van der Waals surface area contributed by atoms with Crippen LogP contribution in [0.4, 0.5) is 5.69 Å². The zero-order chi connectivity index (χ0) is 22.8. The molecule has 3 aromatic rings. The molecule has 164 valence electrons. The fourth-order valence-electron chi connectivity index (χ4n) is 4.38. The molecule has 1 amide bonds. The summed E-state index contributed by atoms with van der Waals surface area (Å²) in [6, 6.07) is 19.5. The molecule has 2 N–H and O–H groups in total. The molecule has 33 heavy (non-hydrogen) atoms. The minimum absolute atomic E-state index is 0.0380. The Morgan fingerprint density at radius 2 is 2.00 bits per heavy atom. The molecule has 0 spiro atoms. The van der Waals surface area contributed by atoms with Crippen LogP contribution >= 0.6 is 11.8 Å². The molecule has 0 radical (unpaired) electrons. The van der Waals surface area contributed by atoms with Crippen LogP contribution in [0.1, 0.15) is 30.9 Å². The van der Waals surface area contributed by atoms with Crippen molar-refractivity contribution in [2.45, 2.75) is 25.2 Å². The third-order valence-electron chi connectivity index (χ3n) is 5.87. The number of rotatable bonds is 5. The third kappa shape index (κ3) is 4.18. The summed E-state index contributed by atoms with van der Waals surface area (Å²) < 4.78 is 5.60. The molecule has 0 bridgehead atoms. The van der Waals surface area contributed by atoms with Crippen molar-refractivity contribution < 1.29 is 14.0 Å². The fraction of sp³-hybridized carbons (Fsp3) is 0.192. The number of Topliss-reactive ketones (excluding diaryl/α,β-unsaturated/α-hetero) is 1. The molecule has 1 aliphatic carbocycles. The Balaban J connectivity index is 1.36. The Morgan fingerprint density at radius 1 is 1.15 bits per heavy atom. The number of carbonyl (C=O) groups is 2. The lowest BCUT2D eigenvalue weighted by molar-refractivity contribution is -0.116. The van der Waals surface area contributed by atoms with Crippen molar-refractivity contribution >= 4 is 39.9 Å². The summed E-state index contributed by atoms with van der Waals surface area (Å²) in [6.07, 6.45) is 3.50. The number of thioether (sulfide) groups is 1. The Morgan fingerprint density at radius 3 is 2.79 bits per heavy atom. The number of benzene rings is 2. The predicted octanol–water partition coefficient (Wildman–Crippen LogP) is 5.23. The molecular formula is C26H21N3O3S. The first-order chi connectivity index (χ1) is 16.1. The highest BCUT2D eigenvalue weighted by Gasteiger charge is 2.38. The third-order valence-corrected chi connectivity index (χ3v) is 6.89. The van der Waals surface area contributed by atoms with Crippen molar-refractivity contribution in [1.29, 1.82) is 5.26 Å². The summed E-state index contributed by atoms with van der Waals surface area (Å²) in [7, 11) is 0. The van der Waals surface area contributed by atoms with Crippen LogP contribution in [0.25, 0.3) is 10.8 Å². The van der Waals surface area contributed by atoms with E-state index in [-0.39, 0.29) is 17.4 Å². The maximum Gasteiger partial charge on any atom is 0.234 e. The molecule has 2 aliphatic rings. The number of amides is 1. The van der Waals surface area contributed by atoms with Crippen LogP contribution in [0.15, 0.2) is 87.1 Å². The molecule has 0 fully saturated rings. The first kappa shape index (κ1) is 21.1. The van der Waals surface area contributed by atoms with Gasteiger partial charge < -0.3 is 15.1 Å². The van der Waals surface area contributed by atoms with Gasteiger partial charge in [-0.25, -0.2) is 0 Å². The van der Waals surface area contributed by atoms with Gasteiger partial charge in [0.05, 0.1) is 34.6 Å². The summed E-state index contributed by atoms with van der Waals surface area (Å²) in [5.41, 5.74) is 2.56. The summed E-state index contributed by atoms with van der Waals surface area (Å²) in [5, 5.41) is 18.9. The van der Waals surface area contributed by atoms with Gasteiger partial charge in [-0.1, -0.05) is 42.1 Å². The molecule has 1 unspecified atom stereocenters. The lowest BCUT2D eigenvalue weighted by atomic mass is 9.79. The van der Waals surface area contributed by atoms with Crippen LogP contribution in [-0.2, 0) is 9.59 Å². The highest BCUT2D eigenvalue weighted by molar-refractivity contribution is 8.03. The minimum atomic E-state index is -0.542. The monoisotopic (exact) mass is 455 g/mol. The van der Waals surface area contributed by atoms with Crippen molar-refractivity contribution in [2.24, 2.45) is 0 Å². The first-order valence-corrected chi connectivity index (χ1v) is 11.7. The second-order valence-electron chi connectivity index (χ2n) is 8.00. The second kappa shape index (κ2) is 9.00. The first-order valence-electron chi connectivity index (χ1n) is 10.8. The number of nitriles is 1. The van der Waals surface area contributed by atoms with Crippen molar-refractivity contribution in [1.82, 2.24) is 5.32 Å². The van der Waals surface area contributed by atoms with Gasteiger partial charge >= 0.3 is 0 Å². The van der Waals surface area contributed by atoms with Crippen LogP contribution in [0.3, 0.4) is 0 Å². The molecule has 0 saturated carbocycles. The zero-order valence-corrected chi connectivity index (χ0v) is 18.6. The van der Waals surface area contributed by atoms with Crippen LogP contribution in [0.2, 0.25) is 0 Å². The number of allylic oxidation sites excluding steroid dienone is 3. The number of nitrogens with zero attached hydrogens (tertiary/aromatic N) is 1. The van der Waals surface area contributed by atoms with E-state index in [0.717, 1.165) is 35.0 Å². The van der Waals surface area contributed by atoms with Gasteiger partial charge in [-0.2, -0.15) is 5.26 Å². The van der Waals surface area contributed by atoms with E-state index in [9.17, 15) is 14.9 Å². The lowest BCUT2D eigenvalue weighted by Crippen LogP contribution is -2.31. The summed E-state index contributed by atoms with van der Waals surface area (Å²) in [6.45, 7) is 0. The minimum Gasteiger partial charge on any atom is -0.468 e. The van der Waals surface area contributed by atoms with Crippen LogP contribution < -0.4 is 10.6 Å². The van der Waals surface area contributed by atoms with Crippen molar-refractivity contribution in [3.63, 3.8) is 0 Å². The lowest BCUT2D eigenvalue weighted by Gasteiger charge is -2.32. The smallest absolute Gasteiger partial charge is 0.234 e. The SMILES string of the molecule is N#CC1=C(SCC(=O)Nc2ccc3ccccc3c2)NC2=C(C(=O)CCC2)C1c1ccco1. The van der Waals surface area contributed by atoms with Gasteiger partial charge in [-0.15, -0.1) is 0 Å². The number of furan rings is 1. The summed E-state index contributed by atoms with van der Waals surface area (Å²) >= 11 is 1.27. The number of hydrogen-bond donors (Lipinski definition) is 2. The summed E-state index contributed by atoms with van der Waals surface area (Å²) in [5.74, 6) is 0.0171. The van der Waals surface area contributed by atoms with E-state index in [1.165, 1.54) is 11.8 Å². The maximum absolute atomic E-state index is 12.7. The number of carbonyl (C=O) groups excluding carboxylic acids is 2. The predicted molar refractivity (Wildman–Crippen MR) is 128 cm³/mol. The molecule has 5 rings (SSSR count). The van der Waals surface area contributed by atoms with Crippen LogP contribution in [0, 0.1) is 11.3 Å². The Kier molecular flexibility index (Phi) is 5.76. The highest BCUT2D eigenvalue weighted by atomic mass is 32.2. The van der Waals surface area contributed by atoms with Crippen molar-refractivity contribution in [2.75, 3.05) is 11.1 Å². The van der Waals surface area contributed by atoms with E-state index >= 15 is 0 Å². The fourth-order valence-corrected chi connectivity index (χ4v) is 5.24. The number of ketones is 1. The van der Waals surface area contributed by atoms with Gasteiger partial charge in [-0.3, -0.25) is 9.59 Å². The number of fused-ring (bicyclic) bond motifs is 1. The molecule has 7 heteroatoms. The Bertz CT molecular complexity index is 1350. The quantitative estimate of drug-likeness (QED) is 0.547. The largest absolute Gasteiger partial charge is 0.468 e. The average Bonchev–Trinajstić information content (AvgIpc) is 3.36. The van der Waals surface area contributed by atoms with Crippen LogP contribution in [0.5, 0.6) is 0 Å². The molecule has 2 heterocycles. The molecule has 0 saturated heterocycles. The van der Waals surface area contributed by atoms with Crippen molar-refractivity contribution in [3.05, 3.63) is 88.5 Å². The van der Waals surface area contributed by atoms with Gasteiger partial charge in [0.2, 0.25) is 5.91 Å². The standard InChI is InChI=1S/C26H21N3O3S/c27-14-19-24(22-9-4-12-32-22)25-20(7-3-8-21(25)30)29-26(19)33-15-23(31)28-18-11-10-16-5-1-2-6-17(16)13-18/h1-2,4-6,9-13,24,29H,3,7-8,15H2,(H,28,31). The normalized spacial score (nSPS) is 18.0. The highest BCUT2D eigenvalue weighted by Crippen LogP contribution is 2.44. The number of hydrogen-bond acceptors (Lipinski definition) is 6. The summed E-state index contributed by atoms with van der Waals surface area (Å²) in [4.78, 5) is 25.4. The topological polar surface area (TPSA) is 95.1 Å². The van der Waals surface area contributed by atoms with E-state index < -0.39 is 5.92 Å². The number of dihydropyridines is 1. The van der Waals surface area contributed by atoms with E-state index in [1.54, 1.807) is 18.4 Å². The van der Waals surface area contributed by atoms with Gasteiger partial charge in [0.25, 0.3) is 0 Å². The van der Waals surface area contributed by atoms with E-state index in [4.69, 9.17) is 4.42 Å². The Labute approximate surface area is 195 Å². The van der Waals surface area contributed by atoms with E-state index in [1.807, 2.05) is 42.5 Å². The zero-order valence-electron chi connectivity index (χ0n) is 17.8. The maximum atomic E-state index is 12.7. The molecule has 1 aromatic heterocycles. The van der Waals surface area contributed by atoms with Gasteiger partial charge in [0.1, 0.15) is 5.76 Å². The van der Waals surface area contributed by atoms with Gasteiger partial charge in [0, 0.05) is 23.4 Å². The van der Waals surface area contributed by atoms with Crippen LogP contribution in [-0.4, -0.2) is 17.4 Å². The van der Waals surface area contributed by atoms with E-state index in [0.29, 0.717) is 28.4 Å². The molecule has 6 nitrogen and oxygen atoms in total. The van der Waals surface area contributed by atoms with Gasteiger partial charge in [-0.05, 0) is 47.9 Å². The Hall–Kier alpha value is -3.76. The van der Waals surface area contributed by atoms with Crippen molar-refractivity contribution in [3.8, 4) is 6.07 Å². The number of nitrogens with one attached hydrogen (secondary N) is 2. The molecule has 1 atom stereocenters. The molecule has 2 aromatic carbocycles.